The van der Waals surface area contributed by atoms with Crippen molar-refractivity contribution in [1.29, 1.82) is 0 Å². The fraction of sp³-hybridized carbons (Fsp3) is 0.263. The maximum absolute atomic E-state index is 12.8. The van der Waals surface area contributed by atoms with Crippen LogP contribution in [0.25, 0.3) is 0 Å². The maximum atomic E-state index is 12.8. The summed E-state index contributed by atoms with van der Waals surface area (Å²) in [7, 11) is 0. The van der Waals surface area contributed by atoms with Gasteiger partial charge in [0.25, 0.3) is 5.91 Å². The van der Waals surface area contributed by atoms with Crippen molar-refractivity contribution in [1.82, 2.24) is 4.90 Å². The smallest absolute Gasteiger partial charge is 0.259 e. The number of benzene rings is 2. The van der Waals surface area contributed by atoms with E-state index in [-0.39, 0.29) is 5.91 Å². The Hall–Kier alpha value is -2.07. The number of hydrogen-bond acceptors (Lipinski definition) is 3. The molecule has 0 unspecified atom stereocenters. The van der Waals surface area contributed by atoms with E-state index in [1.807, 2.05) is 41.3 Å². The molecule has 1 aliphatic heterocycles. The van der Waals surface area contributed by atoms with Crippen LogP contribution in [-0.2, 0) is 0 Å². The van der Waals surface area contributed by atoms with Crippen LogP contribution in [0.2, 0.25) is 0 Å². The zero-order valence-corrected chi connectivity index (χ0v) is 14.3. The van der Waals surface area contributed by atoms with Gasteiger partial charge in [0.15, 0.2) is 5.17 Å². The summed E-state index contributed by atoms with van der Waals surface area (Å²) in [6, 6.07) is 15.6. The molecular formula is C19H20N2OS. The van der Waals surface area contributed by atoms with E-state index in [1.54, 1.807) is 11.8 Å². The number of nitrogens with zero attached hydrogens (tertiary/aromatic N) is 2. The standard InChI is InChI=1S/C19H20N2OS/c1-14-8-6-9-15(2)17(14)20-19-21(12-7-13-23-19)18(22)16-10-4-3-5-11-16/h3-6,8-11H,7,12-13H2,1-2H3. The van der Waals surface area contributed by atoms with Crippen molar-refractivity contribution in [3.8, 4) is 0 Å². The minimum Gasteiger partial charge on any atom is -0.287 e. The molecule has 1 aliphatic rings. The van der Waals surface area contributed by atoms with Crippen LogP contribution >= 0.6 is 11.8 Å². The predicted octanol–water partition coefficient (Wildman–Crippen LogP) is 4.57. The van der Waals surface area contributed by atoms with Gasteiger partial charge in [-0.05, 0) is 43.5 Å². The monoisotopic (exact) mass is 324 g/mol. The highest BCUT2D eigenvalue weighted by atomic mass is 32.2. The highest BCUT2D eigenvalue weighted by molar-refractivity contribution is 8.13. The molecule has 4 heteroatoms. The first-order valence-corrected chi connectivity index (χ1v) is 8.80. The highest BCUT2D eigenvalue weighted by Gasteiger charge is 2.25. The number of amidine groups is 1. The van der Waals surface area contributed by atoms with Gasteiger partial charge in [0, 0.05) is 17.9 Å². The third-order valence-corrected chi connectivity index (χ3v) is 4.96. The van der Waals surface area contributed by atoms with Crippen molar-refractivity contribution >= 4 is 28.5 Å². The summed E-state index contributed by atoms with van der Waals surface area (Å²) in [6.45, 7) is 4.84. The first kappa shape index (κ1) is 15.8. The molecule has 0 atom stereocenters. The number of amides is 1. The molecule has 0 saturated carbocycles. The Bertz CT molecular complexity index is 720. The molecule has 2 aromatic rings. The average molecular weight is 324 g/mol. The van der Waals surface area contributed by atoms with Gasteiger partial charge in [0.1, 0.15) is 0 Å². The highest BCUT2D eigenvalue weighted by Crippen LogP contribution is 2.28. The van der Waals surface area contributed by atoms with E-state index in [1.165, 1.54) is 0 Å². The molecule has 23 heavy (non-hydrogen) atoms. The van der Waals surface area contributed by atoms with E-state index in [9.17, 15) is 4.79 Å². The van der Waals surface area contributed by atoms with Crippen molar-refractivity contribution in [2.24, 2.45) is 4.99 Å². The summed E-state index contributed by atoms with van der Waals surface area (Å²) in [6.07, 6.45) is 0.995. The zero-order valence-electron chi connectivity index (χ0n) is 13.5. The van der Waals surface area contributed by atoms with E-state index in [4.69, 9.17) is 4.99 Å². The van der Waals surface area contributed by atoms with E-state index < -0.39 is 0 Å². The zero-order chi connectivity index (χ0) is 16.2. The average Bonchev–Trinajstić information content (AvgIpc) is 2.59. The largest absolute Gasteiger partial charge is 0.287 e. The summed E-state index contributed by atoms with van der Waals surface area (Å²) >= 11 is 1.66. The van der Waals surface area contributed by atoms with Gasteiger partial charge >= 0.3 is 0 Å². The molecule has 1 fully saturated rings. The molecule has 1 saturated heterocycles. The van der Waals surface area contributed by atoms with Gasteiger partial charge in [-0.2, -0.15) is 0 Å². The number of para-hydroxylation sites is 1. The van der Waals surface area contributed by atoms with Gasteiger partial charge in [0.05, 0.1) is 5.69 Å². The van der Waals surface area contributed by atoms with Crippen LogP contribution in [0.4, 0.5) is 5.69 Å². The summed E-state index contributed by atoms with van der Waals surface area (Å²) in [4.78, 5) is 19.4. The van der Waals surface area contributed by atoms with Crippen molar-refractivity contribution < 1.29 is 4.79 Å². The number of rotatable bonds is 2. The Morgan fingerprint density at radius 1 is 1.04 bits per heavy atom. The fourth-order valence-corrected chi connectivity index (χ4v) is 3.60. The lowest BCUT2D eigenvalue weighted by atomic mass is 10.1. The second-order valence-electron chi connectivity index (χ2n) is 5.66. The van der Waals surface area contributed by atoms with E-state index in [2.05, 4.69) is 26.0 Å². The first-order valence-electron chi connectivity index (χ1n) is 7.81. The molecule has 0 aliphatic carbocycles. The lowest BCUT2D eigenvalue weighted by molar-refractivity contribution is 0.0849. The second-order valence-corrected chi connectivity index (χ2v) is 6.72. The summed E-state index contributed by atoms with van der Waals surface area (Å²) in [5.41, 5.74) is 3.96. The summed E-state index contributed by atoms with van der Waals surface area (Å²) < 4.78 is 0. The number of thioether (sulfide) groups is 1. The molecule has 1 heterocycles. The number of hydrogen-bond donors (Lipinski definition) is 0. The van der Waals surface area contributed by atoms with Crippen molar-refractivity contribution in [3.63, 3.8) is 0 Å². The quantitative estimate of drug-likeness (QED) is 0.810. The maximum Gasteiger partial charge on any atom is 0.259 e. The lowest BCUT2D eigenvalue weighted by Crippen LogP contribution is -2.39. The molecule has 0 radical (unpaired) electrons. The molecule has 3 rings (SSSR count). The van der Waals surface area contributed by atoms with E-state index in [0.29, 0.717) is 5.56 Å². The van der Waals surface area contributed by atoms with Crippen molar-refractivity contribution in [3.05, 3.63) is 65.2 Å². The first-order chi connectivity index (χ1) is 11.2. The number of aliphatic imine (C=N–C) groups is 1. The van der Waals surface area contributed by atoms with Crippen LogP contribution in [0.3, 0.4) is 0 Å². The van der Waals surface area contributed by atoms with Crippen LogP contribution in [-0.4, -0.2) is 28.3 Å². The Morgan fingerprint density at radius 2 is 1.74 bits per heavy atom. The van der Waals surface area contributed by atoms with Gasteiger partial charge in [-0.25, -0.2) is 4.99 Å². The van der Waals surface area contributed by atoms with Crippen LogP contribution in [0.15, 0.2) is 53.5 Å². The van der Waals surface area contributed by atoms with Crippen molar-refractivity contribution in [2.45, 2.75) is 20.3 Å². The Kier molecular flexibility index (Phi) is 4.82. The van der Waals surface area contributed by atoms with Crippen molar-refractivity contribution in [2.75, 3.05) is 12.3 Å². The van der Waals surface area contributed by atoms with Gasteiger partial charge in [-0.1, -0.05) is 48.2 Å². The van der Waals surface area contributed by atoms with Crippen LogP contribution < -0.4 is 0 Å². The molecule has 0 bridgehead atoms. The molecule has 2 aromatic carbocycles. The van der Waals surface area contributed by atoms with Crippen LogP contribution in [0, 0.1) is 13.8 Å². The molecule has 3 nitrogen and oxygen atoms in total. The SMILES string of the molecule is Cc1cccc(C)c1N=C1SCCCN1C(=O)c1ccccc1. The normalized spacial score (nSPS) is 16.6. The second kappa shape index (κ2) is 7.01. The summed E-state index contributed by atoms with van der Waals surface area (Å²) in [5.74, 6) is 1.03. The molecule has 0 aromatic heterocycles. The van der Waals surface area contributed by atoms with Gasteiger partial charge in [-0.15, -0.1) is 0 Å². The van der Waals surface area contributed by atoms with Gasteiger partial charge in [0.2, 0.25) is 0 Å². The Balaban J connectivity index is 1.96. The molecule has 0 spiro atoms. The fourth-order valence-electron chi connectivity index (χ4n) is 2.65. The van der Waals surface area contributed by atoms with Crippen LogP contribution in [0.5, 0.6) is 0 Å². The molecular weight excluding hydrogens is 304 g/mol. The number of carbonyl (C=O) groups is 1. The summed E-state index contributed by atoms with van der Waals surface area (Å²) in [5, 5.41) is 0.808. The minimum atomic E-state index is 0.0304. The Morgan fingerprint density at radius 3 is 2.43 bits per heavy atom. The number of aryl methyl sites for hydroxylation is 2. The number of carbonyl (C=O) groups excluding carboxylic acids is 1. The van der Waals surface area contributed by atoms with Gasteiger partial charge in [-0.3, -0.25) is 9.69 Å². The predicted molar refractivity (Wildman–Crippen MR) is 97.6 cm³/mol. The molecule has 1 amide bonds. The van der Waals surface area contributed by atoms with Crippen LogP contribution in [0.1, 0.15) is 27.9 Å². The third kappa shape index (κ3) is 3.48. The molecule has 0 N–H and O–H groups in total. The molecule has 118 valence electrons. The van der Waals surface area contributed by atoms with E-state index >= 15 is 0 Å². The lowest BCUT2D eigenvalue weighted by Gasteiger charge is -2.28. The van der Waals surface area contributed by atoms with E-state index in [0.717, 1.165) is 40.7 Å². The topological polar surface area (TPSA) is 32.7 Å². The van der Waals surface area contributed by atoms with Gasteiger partial charge < -0.3 is 0 Å². The third-order valence-electron chi connectivity index (χ3n) is 3.90. The Labute approximate surface area is 141 Å². The minimum absolute atomic E-state index is 0.0304.